The van der Waals surface area contributed by atoms with Crippen LogP contribution in [0.2, 0.25) is 0 Å². The Morgan fingerprint density at radius 1 is 1.50 bits per heavy atom. The number of hydrogen-bond acceptors (Lipinski definition) is 3. The number of rotatable bonds is 3. The van der Waals surface area contributed by atoms with Crippen molar-refractivity contribution in [2.24, 2.45) is 0 Å². The molecule has 14 heavy (non-hydrogen) atoms. The fourth-order valence-corrected chi connectivity index (χ4v) is 1.01. The van der Waals surface area contributed by atoms with E-state index < -0.39 is 5.82 Å². The Morgan fingerprint density at radius 2 is 2.14 bits per heavy atom. The molecule has 0 unspecified atom stereocenters. The lowest BCUT2D eigenvalue weighted by Gasteiger charge is -1.96. The molecule has 0 radical (unpaired) electrons. The Kier molecular flexibility index (Phi) is 2.91. The first-order chi connectivity index (χ1) is 6.56. The predicted molar refractivity (Wildman–Crippen MR) is 46.7 cm³/mol. The van der Waals surface area contributed by atoms with Gasteiger partial charge in [-0.2, -0.15) is 0 Å². The number of ketones is 1. The van der Waals surface area contributed by atoms with Crippen LogP contribution in [0.25, 0.3) is 0 Å². The van der Waals surface area contributed by atoms with Crippen molar-refractivity contribution >= 4 is 11.5 Å². The van der Waals surface area contributed by atoms with Gasteiger partial charge in [-0.1, -0.05) is 0 Å². The van der Waals surface area contributed by atoms with Crippen molar-refractivity contribution in [1.82, 2.24) is 0 Å². The van der Waals surface area contributed by atoms with Gasteiger partial charge in [0, 0.05) is 6.07 Å². The standard InChI is InChI=1S/C9H9FNO3/c1-6(12)8-4-3-7(5-9(8)10)11(13)14-2/h3-5H,1-2H3/q+1. The molecule has 0 aliphatic heterocycles. The predicted octanol–water partition coefficient (Wildman–Crippen LogP) is 2.00. The third-order valence-corrected chi connectivity index (χ3v) is 1.71. The highest BCUT2D eigenvalue weighted by atomic mass is 19.1. The summed E-state index contributed by atoms with van der Waals surface area (Å²) in [6.45, 7) is 1.25. The van der Waals surface area contributed by atoms with Crippen LogP contribution in [0.3, 0.4) is 0 Å². The van der Waals surface area contributed by atoms with Crippen LogP contribution in [0.15, 0.2) is 18.2 Å². The van der Waals surface area contributed by atoms with Gasteiger partial charge in [0.15, 0.2) is 12.9 Å². The molecule has 0 saturated heterocycles. The molecule has 0 spiro atoms. The fraction of sp³-hybridized carbons (Fsp3) is 0.222. The molecule has 1 aromatic rings. The smallest absolute Gasteiger partial charge is 0.294 e. The van der Waals surface area contributed by atoms with E-state index in [4.69, 9.17) is 0 Å². The summed E-state index contributed by atoms with van der Waals surface area (Å²) >= 11 is 0. The molecule has 1 rings (SSSR count). The molecule has 74 valence electrons. The minimum absolute atomic E-state index is 0.00926. The fourth-order valence-electron chi connectivity index (χ4n) is 1.01. The van der Waals surface area contributed by atoms with E-state index >= 15 is 0 Å². The number of Topliss-reactive ketones (excluding diaryl/α,β-unsaturated/α-hetero) is 1. The van der Waals surface area contributed by atoms with Crippen LogP contribution in [0.5, 0.6) is 0 Å². The largest absolute Gasteiger partial charge is 0.319 e. The van der Waals surface area contributed by atoms with Gasteiger partial charge in [-0.3, -0.25) is 4.79 Å². The van der Waals surface area contributed by atoms with Crippen LogP contribution in [0.1, 0.15) is 17.3 Å². The van der Waals surface area contributed by atoms with Crippen molar-refractivity contribution in [3.63, 3.8) is 0 Å². The molecule has 1 aromatic carbocycles. The van der Waals surface area contributed by atoms with Crippen molar-refractivity contribution < 1.29 is 18.9 Å². The molecule has 0 aliphatic carbocycles. The van der Waals surface area contributed by atoms with Crippen molar-refractivity contribution in [2.75, 3.05) is 7.11 Å². The highest BCUT2D eigenvalue weighted by molar-refractivity contribution is 5.94. The molecule has 5 heteroatoms. The number of halogens is 1. The summed E-state index contributed by atoms with van der Waals surface area (Å²) in [5.41, 5.74) is -0.0340. The Bertz CT molecular complexity index is 390. The average Bonchev–Trinajstić information content (AvgIpc) is 2.15. The summed E-state index contributed by atoms with van der Waals surface area (Å²) in [6, 6.07) is 3.51. The topological polar surface area (TPSA) is 46.4 Å². The van der Waals surface area contributed by atoms with Gasteiger partial charge in [-0.25, -0.2) is 9.23 Å². The maximum absolute atomic E-state index is 13.2. The number of hydrogen-bond donors (Lipinski definition) is 0. The number of carbonyl (C=O) groups excluding carboxylic acids is 1. The Hall–Kier alpha value is -1.78. The summed E-state index contributed by atoms with van der Waals surface area (Å²) in [4.78, 5) is 26.2. The third kappa shape index (κ3) is 1.93. The van der Waals surface area contributed by atoms with E-state index in [1.54, 1.807) is 0 Å². The summed E-state index contributed by atoms with van der Waals surface area (Å²) < 4.78 is 13.2. The lowest BCUT2D eigenvalue weighted by Crippen LogP contribution is -2.01. The zero-order chi connectivity index (χ0) is 10.7. The van der Waals surface area contributed by atoms with Crippen LogP contribution in [-0.2, 0) is 4.84 Å². The summed E-state index contributed by atoms with van der Waals surface area (Å²) in [6.07, 6.45) is 0. The van der Waals surface area contributed by atoms with Gasteiger partial charge in [0.2, 0.25) is 0 Å². The van der Waals surface area contributed by atoms with Gasteiger partial charge in [-0.15, -0.1) is 0 Å². The molecular weight excluding hydrogens is 189 g/mol. The SMILES string of the molecule is CO[N+](=O)c1ccc(C(C)=O)c(F)c1. The lowest BCUT2D eigenvalue weighted by molar-refractivity contribution is -0.736. The van der Waals surface area contributed by atoms with Gasteiger partial charge < -0.3 is 0 Å². The first-order valence-corrected chi connectivity index (χ1v) is 3.88. The summed E-state index contributed by atoms with van der Waals surface area (Å²) in [5, 5.41) is 0. The van der Waals surface area contributed by atoms with Crippen LogP contribution in [0.4, 0.5) is 10.1 Å². The van der Waals surface area contributed by atoms with Crippen LogP contribution in [-0.4, -0.2) is 17.8 Å². The highest BCUT2D eigenvalue weighted by Gasteiger charge is 2.18. The van der Waals surface area contributed by atoms with E-state index in [1.807, 2.05) is 0 Å². The van der Waals surface area contributed by atoms with Gasteiger partial charge in [0.1, 0.15) is 5.82 Å². The minimum atomic E-state index is -0.729. The number of carbonyl (C=O) groups is 1. The Balaban J connectivity index is 3.12. The Morgan fingerprint density at radius 3 is 2.57 bits per heavy atom. The lowest BCUT2D eigenvalue weighted by atomic mass is 10.1. The average molecular weight is 198 g/mol. The third-order valence-electron chi connectivity index (χ3n) is 1.71. The second kappa shape index (κ2) is 3.95. The molecule has 0 aromatic heterocycles. The van der Waals surface area contributed by atoms with E-state index in [1.165, 1.54) is 26.2 Å². The van der Waals surface area contributed by atoms with Crippen LogP contribution in [0, 0.1) is 10.7 Å². The zero-order valence-electron chi connectivity index (χ0n) is 7.78. The summed E-state index contributed by atoms with van der Waals surface area (Å²) in [7, 11) is 1.17. The minimum Gasteiger partial charge on any atom is -0.294 e. The van der Waals surface area contributed by atoms with E-state index in [0.29, 0.717) is 0 Å². The van der Waals surface area contributed by atoms with E-state index in [0.717, 1.165) is 6.07 Å². The van der Waals surface area contributed by atoms with Crippen molar-refractivity contribution in [1.29, 1.82) is 0 Å². The molecule has 0 saturated carbocycles. The second-order valence-corrected chi connectivity index (χ2v) is 2.66. The van der Waals surface area contributed by atoms with E-state index in [-0.39, 0.29) is 22.0 Å². The van der Waals surface area contributed by atoms with E-state index in [2.05, 4.69) is 4.84 Å². The first-order valence-electron chi connectivity index (χ1n) is 3.88. The second-order valence-electron chi connectivity index (χ2n) is 2.66. The quantitative estimate of drug-likeness (QED) is 0.551. The Labute approximate surface area is 79.8 Å². The van der Waals surface area contributed by atoms with Crippen molar-refractivity contribution in [3.05, 3.63) is 34.5 Å². The zero-order valence-corrected chi connectivity index (χ0v) is 7.78. The number of nitrogens with zero attached hydrogens (tertiary/aromatic N) is 1. The molecule has 0 heterocycles. The molecule has 0 aliphatic rings. The number of benzene rings is 1. The van der Waals surface area contributed by atoms with Gasteiger partial charge >= 0.3 is 5.69 Å². The molecule has 0 atom stereocenters. The van der Waals surface area contributed by atoms with Gasteiger partial charge in [0.25, 0.3) is 4.92 Å². The molecule has 0 amide bonds. The van der Waals surface area contributed by atoms with E-state index in [9.17, 15) is 14.1 Å². The van der Waals surface area contributed by atoms with Gasteiger partial charge in [-0.05, 0) is 13.0 Å². The van der Waals surface area contributed by atoms with Crippen molar-refractivity contribution in [2.45, 2.75) is 6.92 Å². The summed E-state index contributed by atoms with van der Waals surface area (Å²) in [5.74, 6) is -1.11. The van der Waals surface area contributed by atoms with Gasteiger partial charge in [0.05, 0.1) is 16.5 Å². The molecule has 4 nitrogen and oxygen atoms in total. The maximum Gasteiger partial charge on any atom is 0.319 e. The van der Waals surface area contributed by atoms with Crippen LogP contribution >= 0.6 is 0 Å². The molecule has 0 bridgehead atoms. The molecule has 0 fully saturated rings. The molecule has 0 N–H and O–H groups in total. The monoisotopic (exact) mass is 198 g/mol. The first kappa shape index (κ1) is 10.3. The van der Waals surface area contributed by atoms with Crippen LogP contribution < -0.4 is 0 Å². The van der Waals surface area contributed by atoms with Crippen molar-refractivity contribution in [3.8, 4) is 0 Å². The normalized spacial score (nSPS) is 9.64. The maximum atomic E-state index is 13.2. The highest BCUT2D eigenvalue weighted by Crippen LogP contribution is 2.17. The molecular formula is C9H9FNO3+.